The van der Waals surface area contributed by atoms with Crippen LogP contribution in [0.25, 0.3) is 0 Å². The summed E-state index contributed by atoms with van der Waals surface area (Å²) in [4.78, 5) is 12.1. The molecule has 0 aliphatic heterocycles. The fourth-order valence-corrected chi connectivity index (χ4v) is 2.07. The van der Waals surface area contributed by atoms with E-state index in [1.165, 1.54) is 0 Å². The Morgan fingerprint density at radius 3 is 2.37 bits per heavy atom. The number of benzene rings is 1. The lowest BCUT2D eigenvalue weighted by atomic mass is 9.87. The van der Waals surface area contributed by atoms with Gasteiger partial charge in [-0.2, -0.15) is 0 Å². The normalized spacial score (nSPS) is 12.1. The number of methoxy groups -OCH3 is 2. The van der Waals surface area contributed by atoms with E-state index in [4.69, 9.17) is 14.2 Å². The molecule has 0 aromatic heterocycles. The fourth-order valence-electron chi connectivity index (χ4n) is 2.07. The number of hydrogen-bond acceptors (Lipinski definition) is 4. The fraction of sp³-hybridized carbons (Fsp3) is 0.533. The lowest BCUT2D eigenvalue weighted by Crippen LogP contribution is -2.21. The first kappa shape index (κ1) is 15.3. The second-order valence-electron chi connectivity index (χ2n) is 4.58. The van der Waals surface area contributed by atoms with E-state index in [9.17, 15) is 4.79 Å². The lowest BCUT2D eigenvalue weighted by Gasteiger charge is -2.22. The Balaban J connectivity index is 3.23. The summed E-state index contributed by atoms with van der Waals surface area (Å²) in [6.07, 6.45) is 0. The maximum Gasteiger partial charge on any atom is 0.313 e. The van der Waals surface area contributed by atoms with Crippen molar-refractivity contribution in [2.75, 3.05) is 20.8 Å². The molecule has 0 aliphatic carbocycles. The highest BCUT2D eigenvalue weighted by Gasteiger charge is 2.28. The van der Waals surface area contributed by atoms with E-state index in [0.717, 1.165) is 5.56 Å². The van der Waals surface area contributed by atoms with Crippen molar-refractivity contribution < 1.29 is 19.0 Å². The number of rotatable bonds is 6. The molecule has 0 fully saturated rings. The summed E-state index contributed by atoms with van der Waals surface area (Å²) < 4.78 is 15.7. The van der Waals surface area contributed by atoms with Crippen LogP contribution in [0.1, 0.15) is 32.3 Å². The van der Waals surface area contributed by atoms with Crippen molar-refractivity contribution in [1.82, 2.24) is 0 Å². The Labute approximate surface area is 114 Å². The molecule has 4 heteroatoms. The quantitative estimate of drug-likeness (QED) is 0.742. The van der Waals surface area contributed by atoms with Gasteiger partial charge in [-0.15, -0.1) is 0 Å². The highest BCUT2D eigenvalue weighted by atomic mass is 16.5. The Kier molecular flexibility index (Phi) is 5.67. The van der Waals surface area contributed by atoms with Crippen LogP contribution in [0.4, 0.5) is 0 Å². The smallest absolute Gasteiger partial charge is 0.313 e. The number of ether oxygens (including phenoxy) is 3. The third-order valence-electron chi connectivity index (χ3n) is 2.98. The summed E-state index contributed by atoms with van der Waals surface area (Å²) in [5.41, 5.74) is 0.801. The average molecular weight is 266 g/mol. The van der Waals surface area contributed by atoms with Crippen molar-refractivity contribution in [2.45, 2.75) is 26.7 Å². The predicted molar refractivity (Wildman–Crippen MR) is 73.8 cm³/mol. The Morgan fingerprint density at radius 2 is 1.89 bits per heavy atom. The van der Waals surface area contributed by atoms with Crippen molar-refractivity contribution in [1.29, 1.82) is 0 Å². The molecule has 4 nitrogen and oxygen atoms in total. The van der Waals surface area contributed by atoms with Gasteiger partial charge in [-0.3, -0.25) is 4.79 Å². The molecular weight excluding hydrogens is 244 g/mol. The Bertz CT molecular complexity index is 426. The van der Waals surface area contributed by atoms with E-state index in [2.05, 4.69) is 0 Å². The van der Waals surface area contributed by atoms with Gasteiger partial charge < -0.3 is 14.2 Å². The van der Waals surface area contributed by atoms with Crippen LogP contribution in [-0.2, 0) is 9.53 Å². The maximum absolute atomic E-state index is 12.1. The van der Waals surface area contributed by atoms with Crippen LogP contribution in [0.15, 0.2) is 18.2 Å². The minimum absolute atomic E-state index is 0.111. The van der Waals surface area contributed by atoms with E-state index >= 15 is 0 Å². The zero-order valence-corrected chi connectivity index (χ0v) is 12.2. The minimum Gasteiger partial charge on any atom is -0.497 e. The average Bonchev–Trinajstić information content (AvgIpc) is 2.38. The molecule has 0 aliphatic rings. The van der Waals surface area contributed by atoms with Gasteiger partial charge in [-0.05, 0) is 31.0 Å². The van der Waals surface area contributed by atoms with Gasteiger partial charge in [-0.25, -0.2) is 0 Å². The van der Waals surface area contributed by atoms with Gasteiger partial charge in [0, 0.05) is 5.56 Å². The van der Waals surface area contributed by atoms with E-state index in [1.807, 2.05) is 32.0 Å². The van der Waals surface area contributed by atoms with Crippen LogP contribution in [0.2, 0.25) is 0 Å². The third kappa shape index (κ3) is 3.63. The van der Waals surface area contributed by atoms with Gasteiger partial charge in [0.2, 0.25) is 0 Å². The van der Waals surface area contributed by atoms with Gasteiger partial charge in [0.25, 0.3) is 0 Å². The van der Waals surface area contributed by atoms with Crippen molar-refractivity contribution in [2.24, 2.45) is 5.92 Å². The predicted octanol–water partition coefficient (Wildman–Crippen LogP) is 3.01. The first-order valence-electron chi connectivity index (χ1n) is 6.43. The summed E-state index contributed by atoms with van der Waals surface area (Å²) in [6, 6.07) is 5.45. The zero-order chi connectivity index (χ0) is 14.4. The highest BCUT2D eigenvalue weighted by Crippen LogP contribution is 2.35. The van der Waals surface area contributed by atoms with Crippen molar-refractivity contribution in [3.05, 3.63) is 23.8 Å². The second-order valence-corrected chi connectivity index (χ2v) is 4.58. The van der Waals surface area contributed by atoms with Crippen molar-refractivity contribution in [3.8, 4) is 11.5 Å². The van der Waals surface area contributed by atoms with Crippen LogP contribution in [-0.4, -0.2) is 26.8 Å². The molecule has 0 saturated carbocycles. The first-order valence-corrected chi connectivity index (χ1v) is 6.43. The molecule has 1 aromatic carbocycles. The molecule has 19 heavy (non-hydrogen) atoms. The van der Waals surface area contributed by atoms with Crippen LogP contribution < -0.4 is 9.47 Å². The van der Waals surface area contributed by atoms with Crippen LogP contribution in [0.3, 0.4) is 0 Å². The molecule has 1 rings (SSSR count). The van der Waals surface area contributed by atoms with Gasteiger partial charge in [-0.1, -0.05) is 13.8 Å². The number of carbonyl (C=O) groups is 1. The van der Waals surface area contributed by atoms with Crippen molar-refractivity contribution >= 4 is 5.97 Å². The molecule has 0 saturated heterocycles. The second kappa shape index (κ2) is 7.02. The standard InChI is InChI=1S/C15H22O4/c1-6-19-15(16)14(10(2)3)12-9-11(17-4)7-8-13(12)18-5/h7-10,14H,6H2,1-5H3. The van der Waals surface area contributed by atoms with Crippen LogP contribution in [0.5, 0.6) is 11.5 Å². The van der Waals surface area contributed by atoms with Gasteiger partial charge in [0.1, 0.15) is 11.5 Å². The summed E-state index contributed by atoms with van der Waals surface area (Å²) in [7, 11) is 3.19. The summed E-state index contributed by atoms with van der Waals surface area (Å²) in [5.74, 6) is 0.896. The van der Waals surface area contributed by atoms with E-state index in [0.29, 0.717) is 18.1 Å². The van der Waals surface area contributed by atoms with Gasteiger partial charge in [0.05, 0.1) is 26.7 Å². The number of hydrogen-bond donors (Lipinski definition) is 0. The van der Waals surface area contributed by atoms with Gasteiger partial charge >= 0.3 is 5.97 Å². The minimum atomic E-state index is -0.356. The SMILES string of the molecule is CCOC(=O)C(c1cc(OC)ccc1OC)C(C)C. The van der Waals surface area contributed by atoms with E-state index in [1.54, 1.807) is 21.1 Å². The largest absolute Gasteiger partial charge is 0.497 e. The molecule has 0 N–H and O–H groups in total. The zero-order valence-electron chi connectivity index (χ0n) is 12.2. The Morgan fingerprint density at radius 1 is 1.21 bits per heavy atom. The molecular formula is C15H22O4. The van der Waals surface area contributed by atoms with Crippen LogP contribution in [0, 0.1) is 5.92 Å². The van der Waals surface area contributed by atoms with E-state index < -0.39 is 0 Å². The van der Waals surface area contributed by atoms with Crippen molar-refractivity contribution in [3.63, 3.8) is 0 Å². The first-order chi connectivity index (χ1) is 9.04. The summed E-state index contributed by atoms with van der Waals surface area (Å²) in [6.45, 7) is 6.15. The molecule has 0 heterocycles. The maximum atomic E-state index is 12.1. The molecule has 106 valence electrons. The molecule has 1 unspecified atom stereocenters. The monoisotopic (exact) mass is 266 g/mol. The highest BCUT2D eigenvalue weighted by molar-refractivity contribution is 5.79. The Hall–Kier alpha value is -1.71. The number of carbonyl (C=O) groups excluding carboxylic acids is 1. The summed E-state index contributed by atoms with van der Waals surface area (Å²) in [5, 5.41) is 0. The molecule has 0 bridgehead atoms. The number of esters is 1. The molecule has 1 aromatic rings. The molecule has 0 amide bonds. The molecule has 1 atom stereocenters. The summed E-state index contributed by atoms with van der Waals surface area (Å²) >= 11 is 0. The van der Waals surface area contributed by atoms with Gasteiger partial charge in [0.15, 0.2) is 0 Å². The lowest BCUT2D eigenvalue weighted by molar-refractivity contribution is -0.146. The third-order valence-corrected chi connectivity index (χ3v) is 2.98. The molecule has 0 spiro atoms. The molecule has 0 radical (unpaired) electrons. The van der Waals surface area contributed by atoms with E-state index in [-0.39, 0.29) is 17.8 Å². The topological polar surface area (TPSA) is 44.8 Å². The van der Waals surface area contributed by atoms with Crippen LogP contribution >= 0.6 is 0 Å².